The van der Waals surface area contributed by atoms with Crippen molar-refractivity contribution in [3.63, 3.8) is 0 Å². The number of hydrogen-bond acceptors (Lipinski definition) is 8. The number of hydrogen-bond donors (Lipinski definition) is 2. The van der Waals surface area contributed by atoms with Gasteiger partial charge in [-0.3, -0.25) is 9.78 Å². The lowest BCUT2D eigenvalue weighted by Crippen LogP contribution is -2.42. The van der Waals surface area contributed by atoms with Gasteiger partial charge in [0.05, 0.1) is 12.6 Å². The SMILES string of the molecule is CC(CO[Si](C)(C)C(C)(C)C)n1nnnc1-c1cccc(NC(=O)c2cc3c(cn2)CCNC3)n1. The van der Waals surface area contributed by atoms with Gasteiger partial charge in [-0.2, -0.15) is 0 Å². The normalized spacial score (nSPS) is 14.9. The van der Waals surface area contributed by atoms with Crippen molar-refractivity contribution in [1.82, 2.24) is 35.5 Å². The third-order valence-corrected chi connectivity index (χ3v) is 11.3. The minimum absolute atomic E-state index is 0.0810. The van der Waals surface area contributed by atoms with Crippen molar-refractivity contribution >= 4 is 20.0 Å². The molecule has 35 heavy (non-hydrogen) atoms. The minimum atomic E-state index is -1.90. The summed E-state index contributed by atoms with van der Waals surface area (Å²) in [5.74, 6) is 0.619. The van der Waals surface area contributed by atoms with Crippen molar-refractivity contribution in [1.29, 1.82) is 0 Å². The number of rotatable bonds is 7. The van der Waals surface area contributed by atoms with Crippen LogP contribution in [-0.4, -0.2) is 57.6 Å². The van der Waals surface area contributed by atoms with Gasteiger partial charge in [-0.05, 0) is 77.8 Å². The van der Waals surface area contributed by atoms with Gasteiger partial charge in [0.15, 0.2) is 8.32 Å². The predicted molar refractivity (Wildman–Crippen MR) is 137 cm³/mol. The fourth-order valence-corrected chi connectivity index (χ4v) is 4.66. The van der Waals surface area contributed by atoms with Crippen LogP contribution in [0.4, 0.5) is 5.82 Å². The molecule has 0 saturated heterocycles. The quantitative estimate of drug-likeness (QED) is 0.478. The first kappa shape index (κ1) is 25.1. The summed E-state index contributed by atoms with van der Waals surface area (Å²) < 4.78 is 8.09. The molecule has 4 rings (SSSR count). The molecule has 10 nitrogen and oxygen atoms in total. The van der Waals surface area contributed by atoms with Crippen LogP contribution in [0.2, 0.25) is 18.1 Å². The maximum absolute atomic E-state index is 12.8. The number of nitrogens with one attached hydrogen (secondary N) is 2. The highest BCUT2D eigenvalue weighted by Gasteiger charge is 2.37. The molecule has 0 fully saturated rings. The third kappa shape index (κ3) is 5.63. The molecule has 1 aliphatic heterocycles. The first-order valence-electron chi connectivity index (χ1n) is 11.9. The summed E-state index contributed by atoms with van der Waals surface area (Å²) in [7, 11) is -1.90. The van der Waals surface area contributed by atoms with E-state index in [1.54, 1.807) is 16.9 Å². The summed E-state index contributed by atoms with van der Waals surface area (Å²) in [6, 6.07) is 7.13. The molecule has 0 saturated carbocycles. The van der Waals surface area contributed by atoms with Crippen molar-refractivity contribution in [2.45, 2.75) is 64.8 Å². The molecule has 186 valence electrons. The van der Waals surface area contributed by atoms with Crippen LogP contribution in [0.3, 0.4) is 0 Å². The Morgan fingerprint density at radius 3 is 2.86 bits per heavy atom. The van der Waals surface area contributed by atoms with Gasteiger partial charge in [-0.25, -0.2) is 9.67 Å². The zero-order valence-electron chi connectivity index (χ0n) is 21.3. The number of tetrazole rings is 1. The standard InChI is InChI=1S/C24H34N8O2Si/c1-16(15-34-35(5,6)24(2,3)4)32-22(29-30-31-32)19-8-7-9-21(27-19)28-23(33)20-12-18-13-25-11-10-17(18)14-26-20/h7-9,12,14,16,25H,10-11,13,15H2,1-6H3,(H,27,28,33). The fourth-order valence-electron chi connectivity index (χ4n) is 3.57. The van der Waals surface area contributed by atoms with E-state index >= 15 is 0 Å². The second kappa shape index (κ2) is 9.92. The van der Waals surface area contributed by atoms with Gasteiger partial charge in [0, 0.05) is 12.7 Å². The largest absolute Gasteiger partial charge is 0.415 e. The summed E-state index contributed by atoms with van der Waals surface area (Å²) in [4.78, 5) is 21.8. The van der Waals surface area contributed by atoms with Gasteiger partial charge in [0.1, 0.15) is 17.2 Å². The zero-order chi connectivity index (χ0) is 25.2. The van der Waals surface area contributed by atoms with Gasteiger partial charge in [-0.15, -0.1) is 5.10 Å². The van der Waals surface area contributed by atoms with Crippen molar-refractivity contribution in [3.05, 3.63) is 47.3 Å². The van der Waals surface area contributed by atoms with Crippen LogP contribution in [0.25, 0.3) is 11.5 Å². The van der Waals surface area contributed by atoms with Crippen LogP contribution in [0, 0.1) is 0 Å². The van der Waals surface area contributed by atoms with Gasteiger partial charge in [0.25, 0.3) is 5.91 Å². The summed E-state index contributed by atoms with van der Waals surface area (Å²) in [6.07, 6.45) is 2.71. The third-order valence-electron chi connectivity index (χ3n) is 6.82. The Hall–Kier alpha value is -3.02. The number of carbonyl (C=O) groups is 1. The highest BCUT2D eigenvalue weighted by molar-refractivity contribution is 6.74. The van der Waals surface area contributed by atoms with Crippen LogP contribution in [0.15, 0.2) is 30.5 Å². The molecule has 4 heterocycles. The highest BCUT2D eigenvalue weighted by atomic mass is 28.4. The molecule has 3 aromatic heterocycles. The number of anilines is 1. The van der Waals surface area contributed by atoms with E-state index in [0.717, 1.165) is 25.1 Å². The van der Waals surface area contributed by atoms with Crippen molar-refractivity contribution < 1.29 is 9.22 Å². The zero-order valence-corrected chi connectivity index (χ0v) is 22.3. The maximum atomic E-state index is 12.8. The van der Waals surface area contributed by atoms with Crippen LogP contribution in [0.1, 0.15) is 55.4 Å². The van der Waals surface area contributed by atoms with Crippen molar-refractivity contribution in [2.24, 2.45) is 0 Å². The molecule has 2 N–H and O–H groups in total. The molecule has 1 unspecified atom stereocenters. The number of amides is 1. The molecule has 0 radical (unpaired) electrons. The Kier molecular flexibility index (Phi) is 7.11. The number of fused-ring (bicyclic) bond motifs is 1. The van der Waals surface area contributed by atoms with E-state index in [-0.39, 0.29) is 17.0 Å². The molecule has 11 heteroatoms. The summed E-state index contributed by atoms with van der Waals surface area (Å²) >= 11 is 0. The molecule has 1 atom stereocenters. The van der Waals surface area contributed by atoms with E-state index in [4.69, 9.17) is 4.43 Å². The molecular formula is C24H34N8O2Si. The lowest BCUT2D eigenvalue weighted by Gasteiger charge is -2.36. The topological polar surface area (TPSA) is 120 Å². The summed E-state index contributed by atoms with van der Waals surface area (Å²) in [6.45, 7) is 15.3. The van der Waals surface area contributed by atoms with Gasteiger partial charge in [0.2, 0.25) is 5.82 Å². The maximum Gasteiger partial charge on any atom is 0.275 e. The summed E-state index contributed by atoms with van der Waals surface area (Å²) in [5.41, 5.74) is 3.21. The van der Waals surface area contributed by atoms with E-state index in [1.807, 2.05) is 25.1 Å². The second-order valence-corrected chi connectivity index (χ2v) is 15.3. The Labute approximate surface area is 207 Å². The molecule has 0 aromatic carbocycles. The molecule has 3 aromatic rings. The van der Waals surface area contributed by atoms with Gasteiger partial charge in [-0.1, -0.05) is 26.8 Å². The minimum Gasteiger partial charge on any atom is -0.415 e. The Balaban J connectivity index is 1.48. The van der Waals surface area contributed by atoms with Crippen LogP contribution < -0.4 is 10.6 Å². The lowest BCUT2D eigenvalue weighted by molar-refractivity contribution is 0.102. The molecule has 1 amide bonds. The van der Waals surface area contributed by atoms with Crippen molar-refractivity contribution in [3.8, 4) is 11.5 Å². The van der Waals surface area contributed by atoms with Crippen LogP contribution in [-0.2, 0) is 17.4 Å². The second-order valence-electron chi connectivity index (χ2n) is 10.5. The fraction of sp³-hybridized carbons (Fsp3) is 0.500. The number of pyridine rings is 2. The average Bonchev–Trinajstić information content (AvgIpc) is 3.32. The van der Waals surface area contributed by atoms with Gasteiger partial charge < -0.3 is 15.1 Å². The molecule has 0 spiro atoms. The van der Waals surface area contributed by atoms with Gasteiger partial charge >= 0.3 is 0 Å². The Morgan fingerprint density at radius 2 is 2.09 bits per heavy atom. The molecule has 1 aliphatic rings. The highest BCUT2D eigenvalue weighted by Crippen LogP contribution is 2.37. The Morgan fingerprint density at radius 1 is 1.29 bits per heavy atom. The van der Waals surface area contributed by atoms with Crippen LogP contribution in [0.5, 0.6) is 0 Å². The van der Waals surface area contributed by atoms with E-state index in [9.17, 15) is 4.79 Å². The van der Waals surface area contributed by atoms with E-state index in [2.05, 4.69) is 70.0 Å². The van der Waals surface area contributed by atoms with Crippen LogP contribution >= 0.6 is 0 Å². The first-order chi connectivity index (χ1) is 16.5. The average molecular weight is 495 g/mol. The number of carbonyl (C=O) groups excluding carboxylic acids is 1. The van der Waals surface area contributed by atoms with E-state index < -0.39 is 8.32 Å². The lowest BCUT2D eigenvalue weighted by atomic mass is 10.0. The monoisotopic (exact) mass is 494 g/mol. The summed E-state index contributed by atoms with van der Waals surface area (Å²) in [5, 5.41) is 18.5. The van der Waals surface area contributed by atoms with Crippen molar-refractivity contribution in [2.75, 3.05) is 18.5 Å². The smallest absolute Gasteiger partial charge is 0.275 e. The first-order valence-corrected chi connectivity index (χ1v) is 14.8. The molecular weight excluding hydrogens is 460 g/mol. The molecule has 0 bridgehead atoms. The Bertz CT molecular complexity index is 1200. The number of aromatic nitrogens is 6. The van der Waals surface area contributed by atoms with E-state index in [0.29, 0.717) is 29.6 Å². The predicted octanol–water partition coefficient (Wildman–Crippen LogP) is 3.61. The molecule has 0 aliphatic carbocycles. The number of nitrogens with zero attached hydrogens (tertiary/aromatic N) is 6. The van der Waals surface area contributed by atoms with E-state index in [1.165, 1.54) is 5.56 Å².